The number of aryl methyl sites for hydroxylation is 1. The molecule has 1 saturated heterocycles. The van der Waals surface area contributed by atoms with Crippen LogP contribution in [-0.2, 0) is 9.84 Å². The third-order valence-corrected chi connectivity index (χ3v) is 5.33. The number of hydrogen-bond acceptors (Lipinski definition) is 4. The van der Waals surface area contributed by atoms with Gasteiger partial charge < -0.3 is 10.6 Å². The minimum Gasteiger partial charge on any atom is -0.352 e. The maximum absolute atomic E-state index is 12.2. The Morgan fingerprint density at radius 1 is 1.41 bits per heavy atom. The van der Waals surface area contributed by atoms with E-state index in [4.69, 9.17) is 0 Å². The van der Waals surface area contributed by atoms with E-state index in [1.54, 1.807) is 19.1 Å². The second-order valence-electron chi connectivity index (χ2n) is 6.01. The summed E-state index contributed by atoms with van der Waals surface area (Å²) >= 11 is 0. The number of rotatable bonds is 5. The van der Waals surface area contributed by atoms with Gasteiger partial charge in [0.05, 0.1) is 4.90 Å². The lowest BCUT2D eigenvalue weighted by Crippen LogP contribution is -2.33. The van der Waals surface area contributed by atoms with Gasteiger partial charge in [0.2, 0.25) is 0 Å². The largest absolute Gasteiger partial charge is 0.352 e. The Morgan fingerprint density at radius 2 is 2.18 bits per heavy atom. The van der Waals surface area contributed by atoms with Gasteiger partial charge in [-0.05, 0) is 62.9 Å². The average Bonchev–Trinajstić information content (AvgIpc) is 2.47. The number of sulfone groups is 1. The summed E-state index contributed by atoms with van der Waals surface area (Å²) in [6.07, 6.45) is 4.50. The maximum atomic E-state index is 12.2. The molecular weight excluding hydrogens is 300 g/mol. The van der Waals surface area contributed by atoms with Crippen molar-refractivity contribution in [3.05, 3.63) is 29.3 Å². The van der Waals surface area contributed by atoms with Crippen molar-refractivity contribution in [3.63, 3.8) is 0 Å². The van der Waals surface area contributed by atoms with E-state index >= 15 is 0 Å². The van der Waals surface area contributed by atoms with Gasteiger partial charge in [-0.1, -0.05) is 6.07 Å². The lowest BCUT2D eigenvalue weighted by Gasteiger charge is -2.22. The van der Waals surface area contributed by atoms with E-state index in [9.17, 15) is 13.2 Å². The van der Waals surface area contributed by atoms with Crippen molar-refractivity contribution < 1.29 is 13.2 Å². The number of nitrogens with one attached hydrogen (secondary N) is 2. The Labute approximate surface area is 132 Å². The lowest BCUT2D eigenvalue weighted by molar-refractivity contribution is 0.0950. The lowest BCUT2D eigenvalue weighted by atomic mass is 9.96. The van der Waals surface area contributed by atoms with Crippen LogP contribution in [0.4, 0.5) is 0 Å². The van der Waals surface area contributed by atoms with Crippen molar-refractivity contribution in [3.8, 4) is 0 Å². The average molecular weight is 324 g/mol. The molecule has 0 aliphatic carbocycles. The van der Waals surface area contributed by atoms with Gasteiger partial charge >= 0.3 is 0 Å². The fourth-order valence-corrected chi connectivity index (χ4v) is 3.80. The molecule has 1 aromatic rings. The number of hydrogen-bond donors (Lipinski definition) is 2. The minimum absolute atomic E-state index is 0.214. The van der Waals surface area contributed by atoms with E-state index in [-0.39, 0.29) is 10.8 Å². The summed E-state index contributed by atoms with van der Waals surface area (Å²) in [7, 11) is -3.32. The van der Waals surface area contributed by atoms with Crippen molar-refractivity contribution >= 4 is 15.7 Å². The summed E-state index contributed by atoms with van der Waals surface area (Å²) in [5.74, 6) is 0.396. The molecule has 0 aromatic heterocycles. The quantitative estimate of drug-likeness (QED) is 0.861. The molecule has 0 saturated carbocycles. The number of piperidine rings is 1. The van der Waals surface area contributed by atoms with Crippen molar-refractivity contribution in [2.75, 3.05) is 25.9 Å². The zero-order valence-corrected chi connectivity index (χ0v) is 14.0. The summed E-state index contributed by atoms with van der Waals surface area (Å²) in [4.78, 5) is 12.4. The van der Waals surface area contributed by atoms with Gasteiger partial charge in [0, 0.05) is 18.4 Å². The normalized spacial score (nSPS) is 18.9. The Morgan fingerprint density at radius 3 is 2.82 bits per heavy atom. The standard InChI is InChI=1S/C16H24N2O3S/c1-12-5-6-14(10-15(12)22(2,20)21)16(19)18-9-7-13-4-3-8-17-11-13/h5-6,10,13,17H,3-4,7-9,11H2,1-2H3,(H,18,19). The van der Waals surface area contributed by atoms with Gasteiger partial charge in [-0.2, -0.15) is 0 Å². The number of carbonyl (C=O) groups excluding carboxylic acids is 1. The first-order valence-corrected chi connectivity index (χ1v) is 9.56. The number of benzene rings is 1. The van der Waals surface area contributed by atoms with Crippen LogP contribution in [0.25, 0.3) is 0 Å². The Bertz CT molecular complexity index is 635. The third kappa shape index (κ3) is 4.55. The van der Waals surface area contributed by atoms with Gasteiger partial charge in [0.25, 0.3) is 5.91 Å². The van der Waals surface area contributed by atoms with Crippen LogP contribution in [0.15, 0.2) is 23.1 Å². The van der Waals surface area contributed by atoms with E-state index in [2.05, 4.69) is 10.6 Å². The first-order chi connectivity index (χ1) is 10.4. The molecule has 0 radical (unpaired) electrons. The van der Waals surface area contributed by atoms with Gasteiger partial charge in [0.15, 0.2) is 9.84 Å². The first-order valence-electron chi connectivity index (χ1n) is 7.67. The predicted octanol–water partition coefficient (Wildman–Crippen LogP) is 1.52. The molecule has 6 heteroatoms. The summed E-state index contributed by atoms with van der Waals surface area (Å²) in [6, 6.07) is 4.81. The summed E-state index contributed by atoms with van der Waals surface area (Å²) in [5, 5.41) is 6.24. The number of carbonyl (C=O) groups is 1. The molecule has 22 heavy (non-hydrogen) atoms. The molecule has 122 valence electrons. The molecule has 1 fully saturated rings. The highest BCUT2D eigenvalue weighted by Crippen LogP contribution is 2.17. The second kappa shape index (κ2) is 7.24. The van der Waals surface area contributed by atoms with Crippen molar-refractivity contribution in [2.24, 2.45) is 5.92 Å². The fourth-order valence-electron chi connectivity index (χ4n) is 2.80. The maximum Gasteiger partial charge on any atom is 0.251 e. The van der Waals surface area contributed by atoms with Gasteiger partial charge in [-0.3, -0.25) is 4.79 Å². The van der Waals surface area contributed by atoms with E-state index in [0.29, 0.717) is 23.6 Å². The van der Waals surface area contributed by atoms with Gasteiger partial charge in [0.1, 0.15) is 0 Å². The van der Waals surface area contributed by atoms with Crippen LogP contribution in [0.1, 0.15) is 35.2 Å². The SMILES string of the molecule is Cc1ccc(C(=O)NCCC2CCCNC2)cc1S(C)(=O)=O. The molecule has 1 amide bonds. The Hall–Kier alpha value is -1.40. The van der Waals surface area contributed by atoms with Gasteiger partial charge in [-0.25, -0.2) is 8.42 Å². The first kappa shape index (κ1) is 17.0. The fraction of sp³-hybridized carbons (Fsp3) is 0.562. The smallest absolute Gasteiger partial charge is 0.251 e. The molecule has 0 spiro atoms. The van der Waals surface area contributed by atoms with E-state index < -0.39 is 9.84 Å². The minimum atomic E-state index is -3.32. The zero-order valence-electron chi connectivity index (χ0n) is 13.2. The van der Waals surface area contributed by atoms with Crippen molar-refractivity contribution in [2.45, 2.75) is 31.1 Å². The van der Waals surface area contributed by atoms with Crippen molar-refractivity contribution in [1.82, 2.24) is 10.6 Å². The monoisotopic (exact) mass is 324 g/mol. The predicted molar refractivity (Wildman–Crippen MR) is 86.8 cm³/mol. The molecule has 1 heterocycles. The summed E-state index contributed by atoms with van der Waals surface area (Å²) < 4.78 is 23.4. The second-order valence-corrected chi connectivity index (χ2v) is 7.99. The van der Waals surface area contributed by atoms with Crippen molar-refractivity contribution in [1.29, 1.82) is 0 Å². The van der Waals surface area contributed by atoms with E-state index in [0.717, 1.165) is 25.8 Å². The highest BCUT2D eigenvalue weighted by atomic mass is 32.2. The van der Waals surface area contributed by atoms with Crippen LogP contribution in [-0.4, -0.2) is 40.2 Å². The van der Waals surface area contributed by atoms with Crippen LogP contribution in [0.3, 0.4) is 0 Å². The number of amides is 1. The highest BCUT2D eigenvalue weighted by Gasteiger charge is 2.16. The van der Waals surface area contributed by atoms with E-state index in [1.165, 1.54) is 18.9 Å². The Balaban J connectivity index is 1.95. The molecule has 5 nitrogen and oxygen atoms in total. The molecule has 1 atom stereocenters. The summed E-state index contributed by atoms with van der Waals surface area (Å²) in [6.45, 7) is 4.44. The molecule has 1 unspecified atom stereocenters. The van der Waals surface area contributed by atoms with Crippen LogP contribution < -0.4 is 10.6 Å². The molecule has 0 bridgehead atoms. The van der Waals surface area contributed by atoms with E-state index in [1.807, 2.05) is 0 Å². The van der Waals surface area contributed by atoms with Crippen LogP contribution in [0.2, 0.25) is 0 Å². The molecule has 1 aliphatic rings. The van der Waals surface area contributed by atoms with Crippen LogP contribution in [0.5, 0.6) is 0 Å². The van der Waals surface area contributed by atoms with Crippen LogP contribution >= 0.6 is 0 Å². The molecule has 2 rings (SSSR count). The van der Waals surface area contributed by atoms with Crippen LogP contribution in [0, 0.1) is 12.8 Å². The third-order valence-electron chi connectivity index (χ3n) is 4.09. The molecule has 1 aliphatic heterocycles. The zero-order chi connectivity index (χ0) is 16.2. The topological polar surface area (TPSA) is 75.3 Å². The molecule has 2 N–H and O–H groups in total. The highest BCUT2D eigenvalue weighted by molar-refractivity contribution is 7.90. The molecular formula is C16H24N2O3S. The Kier molecular flexibility index (Phi) is 5.58. The summed E-state index contributed by atoms with van der Waals surface area (Å²) in [5.41, 5.74) is 1.06. The molecule has 1 aromatic carbocycles. The van der Waals surface area contributed by atoms with Gasteiger partial charge in [-0.15, -0.1) is 0 Å².